The molecule has 0 unspecified atom stereocenters. The molecule has 0 saturated heterocycles. The van der Waals surface area contributed by atoms with E-state index in [-0.39, 0.29) is 10.8 Å². The van der Waals surface area contributed by atoms with Crippen LogP contribution in [0.4, 0.5) is 11.4 Å². The highest BCUT2D eigenvalue weighted by Crippen LogP contribution is 2.48. The molecule has 252 valence electrons. The molecule has 3 aromatic carbocycles. The number of thioether (sulfide) groups is 1. The second-order valence-corrected chi connectivity index (χ2v) is 15.1. The minimum absolute atomic E-state index is 0.0270. The van der Waals surface area contributed by atoms with Crippen LogP contribution in [0.25, 0.3) is 0 Å². The first-order valence-electron chi connectivity index (χ1n) is 16.6. The van der Waals surface area contributed by atoms with Crippen molar-refractivity contribution < 1.29 is 33.5 Å². The molecule has 8 heteroatoms. The van der Waals surface area contributed by atoms with Gasteiger partial charge in [0.1, 0.15) is 6.54 Å². The fourth-order valence-electron chi connectivity index (χ4n) is 7.28. The predicted octanol–water partition coefficient (Wildman–Crippen LogP) is 5.74. The van der Waals surface area contributed by atoms with Gasteiger partial charge in [0.05, 0.1) is 5.41 Å². The quantitative estimate of drug-likeness (QED) is 0.295. The van der Waals surface area contributed by atoms with Crippen LogP contribution in [0.15, 0.2) is 130 Å². The number of rotatable bonds is 7. The molecule has 0 spiro atoms. The second kappa shape index (κ2) is 14.6. The summed E-state index contributed by atoms with van der Waals surface area (Å²) < 4.78 is 36.5. The van der Waals surface area contributed by atoms with E-state index in [1.54, 1.807) is 0 Å². The number of likely N-dealkylation sites (N-methyl/N-ethyl adjacent to an activating group) is 1. The van der Waals surface area contributed by atoms with Crippen molar-refractivity contribution in [2.24, 2.45) is 0 Å². The Balaban J connectivity index is 0.000000840. The Kier molecular flexibility index (Phi) is 10.9. The molecule has 3 aromatic rings. The van der Waals surface area contributed by atoms with Crippen molar-refractivity contribution in [2.75, 3.05) is 18.0 Å². The summed E-state index contributed by atoms with van der Waals surface area (Å²) in [5.74, 6) is 0. The Bertz CT molecular complexity index is 1790. The molecule has 2 heterocycles. The molecule has 0 aromatic heterocycles. The SMILES string of the molecule is CCN1/C(=C/C=C2\CCCC(/C=C/C3=[N+](CC)c4ccccc4C3(C)C)=C2Sc2ccccc2)C(C)(C)c2ccccc21.[O-][Cl+3]([O-])([O-])[O-]. The molecule has 0 N–H and O–H groups in total. The first-order valence-corrected chi connectivity index (χ1v) is 18.6. The number of anilines is 1. The zero-order chi connectivity index (χ0) is 34.7. The number of fused-ring (bicyclic) bond motifs is 2. The van der Waals surface area contributed by atoms with Gasteiger partial charge in [-0.25, -0.2) is 18.6 Å². The van der Waals surface area contributed by atoms with Crippen molar-refractivity contribution in [2.45, 2.75) is 76.5 Å². The van der Waals surface area contributed by atoms with Gasteiger partial charge >= 0.3 is 0 Å². The summed E-state index contributed by atoms with van der Waals surface area (Å²) in [5, 5.41) is 0. The lowest BCUT2D eigenvalue weighted by Gasteiger charge is -2.26. The summed E-state index contributed by atoms with van der Waals surface area (Å²) in [5.41, 5.74) is 11.1. The Morgan fingerprint density at radius 1 is 0.771 bits per heavy atom. The zero-order valence-corrected chi connectivity index (χ0v) is 30.2. The van der Waals surface area contributed by atoms with Crippen LogP contribution in [-0.2, 0) is 10.8 Å². The topological polar surface area (TPSA) is 98.5 Å². The third-order valence-electron chi connectivity index (χ3n) is 9.55. The monoisotopic (exact) mass is 684 g/mol. The van der Waals surface area contributed by atoms with Gasteiger partial charge in [0.25, 0.3) is 0 Å². The summed E-state index contributed by atoms with van der Waals surface area (Å²) in [6.45, 7) is 15.9. The highest BCUT2D eigenvalue weighted by molar-refractivity contribution is 8.03. The molecule has 6 nitrogen and oxygen atoms in total. The number of hydrogen-bond donors (Lipinski definition) is 0. The van der Waals surface area contributed by atoms with Crippen LogP contribution >= 0.6 is 11.8 Å². The third-order valence-corrected chi connectivity index (χ3v) is 10.8. The highest BCUT2D eigenvalue weighted by Gasteiger charge is 2.43. The van der Waals surface area contributed by atoms with Gasteiger partial charge in [-0.3, -0.25) is 0 Å². The second-order valence-electron chi connectivity index (χ2n) is 13.2. The van der Waals surface area contributed by atoms with Gasteiger partial charge in [-0.2, -0.15) is 4.58 Å². The maximum Gasteiger partial charge on any atom is 0.209 e. The number of halogens is 1. The van der Waals surface area contributed by atoms with Gasteiger partial charge in [-0.15, -0.1) is 10.2 Å². The molecule has 2 aliphatic heterocycles. The first-order chi connectivity index (χ1) is 22.8. The van der Waals surface area contributed by atoms with Gasteiger partial charge < -0.3 is 4.90 Å². The van der Waals surface area contributed by atoms with E-state index in [9.17, 15) is 0 Å². The van der Waals surface area contributed by atoms with E-state index < -0.39 is 10.2 Å². The van der Waals surface area contributed by atoms with E-state index in [1.807, 2.05) is 11.8 Å². The summed E-state index contributed by atoms with van der Waals surface area (Å²) in [7, 11) is -4.94. The number of hydrogen-bond acceptors (Lipinski definition) is 6. The van der Waals surface area contributed by atoms with Crippen molar-refractivity contribution in [1.29, 1.82) is 0 Å². The molecule has 6 rings (SSSR count). The lowest BCUT2D eigenvalue weighted by Crippen LogP contribution is -2.68. The minimum Gasteiger partial charge on any atom is -0.344 e. The van der Waals surface area contributed by atoms with Gasteiger partial charge in [0.15, 0.2) is 5.71 Å². The van der Waals surface area contributed by atoms with Gasteiger partial charge in [0, 0.05) is 50.9 Å². The Morgan fingerprint density at radius 2 is 1.40 bits per heavy atom. The molecule has 0 saturated carbocycles. The zero-order valence-electron chi connectivity index (χ0n) is 28.7. The first kappa shape index (κ1) is 35.9. The largest absolute Gasteiger partial charge is 0.344 e. The standard InChI is InChI=1S/C40H45N2S.ClHO4/c1-7-41-34-23-14-12-21-32(34)39(3,4)36(41)27-25-29-17-16-18-30(38(29)43-31-19-10-9-11-20-31)26-28-37-40(5,6)33-22-13-15-24-35(33)42(37)8-2;2-1(3,4)5/h9-15,19-28H,7-8,16-18H2,1-6H3;(H,2,3,4,5)/q+1;/p-1. The highest BCUT2D eigenvalue weighted by atomic mass is 35.7. The van der Waals surface area contributed by atoms with Gasteiger partial charge in [-0.05, 0) is 87.9 Å². The summed E-state index contributed by atoms with van der Waals surface area (Å²) >= 11 is 1.93. The molecular formula is C40H45ClN2O4S. The molecule has 0 atom stereocenters. The summed E-state index contributed by atoms with van der Waals surface area (Å²) in [4.78, 5) is 5.21. The molecule has 3 aliphatic rings. The predicted molar refractivity (Wildman–Crippen MR) is 186 cm³/mol. The summed E-state index contributed by atoms with van der Waals surface area (Å²) in [6, 6.07) is 28.7. The number of para-hydroxylation sites is 2. The number of nitrogens with zero attached hydrogens (tertiary/aromatic N) is 2. The molecule has 0 radical (unpaired) electrons. The van der Waals surface area contributed by atoms with Crippen molar-refractivity contribution in [3.8, 4) is 0 Å². The van der Waals surface area contributed by atoms with Crippen LogP contribution in [0.5, 0.6) is 0 Å². The fraction of sp³-hybridized carbons (Fsp3) is 0.325. The third kappa shape index (κ3) is 7.57. The van der Waals surface area contributed by atoms with Crippen LogP contribution in [0, 0.1) is 10.2 Å². The fourth-order valence-corrected chi connectivity index (χ4v) is 8.41. The molecule has 48 heavy (non-hydrogen) atoms. The van der Waals surface area contributed by atoms with Crippen LogP contribution < -0.4 is 23.5 Å². The van der Waals surface area contributed by atoms with Crippen LogP contribution in [0.1, 0.15) is 71.9 Å². The van der Waals surface area contributed by atoms with Crippen LogP contribution in [0.2, 0.25) is 0 Å². The Morgan fingerprint density at radius 3 is 2.06 bits per heavy atom. The van der Waals surface area contributed by atoms with E-state index in [0.29, 0.717) is 0 Å². The average molecular weight is 685 g/mol. The minimum atomic E-state index is -4.94. The lowest BCUT2D eigenvalue weighted by atomic mass is 9.81. The lowest BCUT2D eigenvalue weighted by molar-refractivity contribution is -2.00. The molecule has 1 aliphatic carbocycles. The van der Waals surface area contributed by atoms with Crippen molar-refractivity contribution in [1.82, 2.24) is 0 Å². The van der Waals surface area contributed by atoms with E-state index >= 15 is 0 Å². The van der Waals surface area contributed by atoms with Gasteiger partial charge in [0.2, 0.25) is 5.69 Å². The smallest absolute Gasteiger partial charge is 0.209 e. The average Bonchev–Trinajstić information content (AvgIpc) is 3.41. The molecule has 0 fully saturated rings. The van der Waals surface area contributed by atoms with E-state index in [1.165, 1.54) is 61.3 Å². The number of allylic oxidation sites excluding steroid dienone is 7. The summed E-state index contributed by atoms with van der Waals surface area (Å²) in [6.07, 6.45) is 13.1. The Hall–Kier alpha value is -3.43. The maximum absolute atomic E-state index is 8.49. The van der Waals surface area contributed by atoms with Crippen molar-refractivity contribution in [3.05, 3.63) is 136 Å². The van der Waals surface area contributed by atoms with E-state index in [0.717, 1.165) is 25.9 Å². The van der Waals surface area contributed by atoms with Crippen molar-refractivity contribution >= 4 is 28.8 Å². The van der Waals surface area contributed by atoms with Crippen LogP contribution in [0.3, 0.4) is 0 Å². The van der Waals surface area contributed by atoms with Crippen molar-refractivity contribution in [3.63, 3.8) is 0 Å². The van der Waals surface area contributed by atoms with E-state index in [4.69, 9.17) is 18.6 Å². The maximum atomic E-state index is 8.49. The van der Waals surface area contributed by atoms with E-state index in [2.05, 4.69) is 154 Å². The molecule has 0 bridgehead atoms. The Labute approximate surface area is 291 Å². The van der Waals surface area contributed by atoms with Crippen LogP contribution in [-0.4, -0.2) is 23.4 Å². The molecular weight excluding hydrogens is 640 g/mol. The molecule has 0 amide bonds. The normalized spacial score (nSPS) is 20.0. The number of benzene rings is 3. The van der Waals surface area contributed by atoms with Gasteiger partial charge in [-0.1, -0.05) is 92.4 Å².